The van der Waals surface area contributed by atoms with Crippen molar-refractivity contribution in [3.8, 4) is 0 Å². The van der Waals surface area contributed by atoms with Crippen LogP contribution in [0.5, 0.6) is 0 Å². The Balaban J connectivity index is 2.81. The Morgan fingerprint density at radius 2 is 1.57 bits per heavy atom. The largest absolute Gasteiger partial charge is 0.279 e. The molecule has 1 aromatic carbocycles. The molecule has 2 heteroatoms. The minimum absolute atomic E-state index is 0.0838. The third kappa shape index (κ3) is 2.80. The molecule has 0 N–H and O–H groups in total. The van der Waals surface area contributed by atoms with Gasteiger partial charge in [0.1, 0.15) is 0 Å². The van der Waals surface area contributed by atoms with E-state index in [-0.39, 0.29) is 8.07 Å². The standard InChI is InChI=1S/C12H20NP/c1-4-13(5-2)14(6-3)12-10-8-7-9-11-12/h7-11H,4-6H2,1-3H3/t14-/m1/s1. The lowest BCUT2D eigenvalue weighted by atomic mass is 10.4. The van der Waals surface area contributed by atoms with Crippen molar-refractivity contribution in [3.63, 3.8) is 0 Å². The normalized spacial score (nSPS) is 13.1. The molecule has 0 fully saturated rings. The summed E-state index contributed by atoms with van der Waals surface area (Å²) < 4.78 is 2.57. The van der Waals surface area contributed by atoms with Gasteiger partial charge in [-0.2, -0.15) is 0 Å². The second-order valence-electron chi connectivity index (χ2n) is 3.19. The van der Waals surface area contributed by atoms with Gasteiger partial charge in [-0.25, -0.2) is 0 Å². The van der Waals surface area contributed by atoms with Crippen molar-refractivity contribution >= 4 is 13.4 Å². The summed E-state index contributed by atoms with van der Waals surface area (Å²) in [6, 6.07) is 10.9. The molecule has 0 saturated heterocycles. The summed E-state index contributed by atoms with van der Waals surface area (Å²) in [7, 11) is -0.0838. The Morgan fingerprint density at radius 1 is 1.00 bits per heavy atom. The van der Waals surface area contributed by atoms with Crippen molar-refractivity contribution in [2.24, 2.45) is 0 Å². The number of hydrogen-bond donors (Lipinski definition) is 0. The lowest BCUT2D eigenvalue weighted by Gasteiger charge is -2.29. The molecule has 0 aliphatic heterocycles. The van der Waals surface area contributed by atoms with Crippen molar-refractivity contribution in [2.75, 3.05) is 19.3 Å². The SMILES string of the molecule is CCN(CC)[P@](CC)c1ccccc1. The van der Waals surface area contributed by atoms with Crippen LogP contribution in [0.1, 0.15) is 20.8 Å². The van der Waals surface area contributed by atoms with Crippen LogP contribution in [0, 0.1) is 0 Å². The third-order valence-electron chi connectivity index (χ3n) is 2.43. The smallest absolute Gasteiger partial charge is 0.000485 e. The van der Waals surface area contributed by atoms with Crippen LogP contribution in [0.3, 0.4) is 0 Å². The molecule has 0 spiro atoms. The predicted octanol–water partition coefficient (Wildman–Crippen LogP) is 3.07. The lowest BCUT2D eigenvalue weighted by molar-refractivity contribution is 0.510. The molecular weight excluding hydrogens is 189 g/mol. The van der Waals surface area contributed by atoms with E-state index in [1.54, 1.807) is 0 Å². The van der Waals surface area contributed by atoms with Crippen molar-refractivity contribution in [2.45, 2.75) is 20.8 Å². The van der Waals surface area contributed by atoms with Gasteiger partial charge in [-0.3, -0.25) is 4.67 Å². The number of benzene rings is 1. The Kier molecular flexibility index (Phi) is 5.14. The van der Waals surface area contributed by atoms with Crippen LogP contribution in [0.25, 0.3) is 0 Å². The second-order valence-corrected chi connectivity index (χ2v) is 5.70. The summed E-state index contributed by atoms with van der Waals surface area (Å²) in [5, 5.41) is 1.51. The average molecular weight is 209 g/mol. The summed E-state index contributed by atoms with van der Waals surface area (Å²) in [5.41, 5.74) is 0. The number of nitrogens with zero attached hydrogens (tertiary/aromatic N) is 1. The molecule has 1 atom stereocenters. The Bertz CT molecular complexity index is 244. The fourth-order valence-electron chi connectivity index (χ4n) is 1.71. The molecule has 0 heterocycles. The molecule has 0 unspecified atom stereocenters. The van der Waals surface area contributed by atoms with E-state index in [0.717, 1.165) is 13.1 Å². The van der Waals surface area contributed by atoms with Gasteiger partial charge >= 0.3 is 0 Å². The van der Waals surface area contributed by atoms with E-state index in [9.17, 15) is 0 Å². The molecule has 0 aromatic heterocycles. The molecule has 14 heavy (non-hydrogen) atoms. The topological polar surface area (TPSA) is 3.24 Å². The zero-order valence-corrected chi connectivity index (χ0v) is 10.3. The van der Waals surface area contributed by atoms with Crippen LogP contribution in [-0.2, 0) is 0 Å². The first-order chi connectivity index (χ1) is 6.83. The Hall–Kier alpha value is -0.390. The van der Waals surface area contributed by atoms with E-state index in [0.29, 0.717) is 0 Å². The highest BCUT2D eigenvalue weighted by Gasteiger charge is 2.14. The van der Waals surface area contributed by atoms with Crippen molar-refractivity contribution in [1.29, 1.82) is 0 Å². The van der Waals surface area contributed by atoms with E-state index in [1.807, 2.05) is 0 Å². The fourth-order valence-corrected chi connectivity index (χ4v) is 4.00. The molecule has 0 aliphatic rings. The van der Waals surface area contributed by atoms with Crippen LogP contribution in [0.2, 0.25) is 0 Å². The molecule has 1 rings (SSSR count). The Labute approximate surface area is 88.9 Å². The zero-order chi connectivity index (χ0) is 10.4. The number of hydrogen-bond acceptors (Lipinski definition) is 1. The van der Waals surface area contributed by atoms with Gasteiger partial charge < -0.3 is 0 Å². The first-order valence-electron chi connectivity index (χ1n) is 5.40. The monoisotopic (exact) mass is 209 g/mol. The summed E-state index contributed by atoms with van der Waals surface area (Å²) >= 11 is 0. The summed E-state index contributed by atoms with van der Waals surface area (Å²) in [4.78, 5) is 0. The second kappa shape index (κ2) is 6.16. The lowest BCUT2D eigenvalue weighted by Crippen LogP contribution is -2.23. The molecule has 0 bridgehead atoms. The molecule has 0 saturated carbocycles. The summed E-state index contributed by atoms with van der Waals surface area (Å²) in [6.45, 7) is 9.10. The first-order valence-corrected chi connectivity index (χ1v) is 6.88. The van der Waals surface area contributed by atoms with Gasteiger partial charge in [-0.15, -0.1) is 0 Å². The third-order valence-corrected chi connectivity index (χ3v) is 5.17. The molecule has 1 aromatic rings. The highest BCUT2D eigenvalue weighted by Crippen LogP contribution is 2.37. The summed E-state index contributed by atoms with van der Waals surface area (Å²) in [6.07, 6.45) is 1.25. The van der Waals surface area contributed by atoms with Crippen LogP contribution in [-0.4, -0.2) is 23.9 Å². The predicted molar refractivity (Wildman–Crippen MR) is 66.5 cm³/mol. The fraction of sp³-hybridized carbons (Fsp3) is 0.500. The maximum absolute atomic E-state index is 2.57. The van der Waals surface area contributed by atoms with Gasteiger partial charge in [-0.1, -0.05) is 51.1 Å². The highest BCUT2D eigenvalue weighted by atomic mass is 31.1. The maximum Gasteiger partial charge on any atom is -0.000485 e. The number of rotatable bonds is 5. The quantitative estimate of drug-likeness (QED) is 0.674. The van der Waals surface area contributed by atoms with Crippen molar-refractivity contribution in [3.05, 3.63) is 30.3 Å². The molecule has 1 nitrogen and oxygen atoms in total. The van der Waals surface area contributed by atoms with Crippen LogP contribution >= 0.6 is 8.07 Å². The van der Waals surface area contributed by atoms with E-state index in [4.69, 9.17) is 0 Å². The van der Waals surface area contributed by atoms with Crippen LogP contribution in [0.4, 0.5) is 0 Å². The van der Waals surface area contributed by atoms with Gasteiger partial charge in [-0.05, 0) is 32.6 Å². The van der Waals surface area contributed by atoms with Crippen LogP contribution < -0.4 is 5.30 Å². The van der Waals surface area contributed by atoms with Gasteiger partial charge in [0.15, 0.2) is 0 Å². The van der Waals surface area contributed by atoms with E-state index >= 15 is 0 Å². The van der Waals surface area contributed by atoms with Gasteiger partial charge in [0.05, 0.1) is 0 Å². The van der Waals surface area contributed by atoms with Crippen LogP contribution in [0.15, 0.2) is 30.3 Å². The minimum atomic E-state index is -0.0838. The summed E-state index contributed by atoms with van der Waals surface area (Å²) in [5.74, 6) is 0. The highest BCUT2D eigenvalue weighted by molar-refractivity contribution is 7.63. The molecule has 78 valence electrons. The molecule has 0 amide bonds. The van der Waals surface area contributed by atoms with E-state index in [1.165, 1.54) is 11.5 Å². The molecular formula is C12H20NP. The zero-order valence-electron chi connectivity index (χ0n) is 9.40. The molecule has 0 radical (unpaired) electrons. The van der Waals surface area contributed by atoms with Gasteiger partial charge in [0.2, 0.25) is 0 Å². The minimum Gasteiger partial charge on any atom is -0.279 e. The van der Waals surface area contributed by atoms with Crippen molar-refractivity contribution < 1.29 is 0 Å². The first kappa shape index (κ1) is 11.7. The van der Waals surface area contributed by atoms with E-state index < -0.39 is 0 Å². The molecule has 0 aliphatic carbocycles. The van der Waals surface area contributed by atoms with Crippen molar-refractivity contribution in [1.82, 2.24) is 4.67 Å². The maximum atomic E-state index is 2.57. The Morgan fingerprint density at radius 3 is 2.00 bits per heavy atom. The average Bonchev–Trinajstić information content (AvgIpc) is 2.27. The van der Waals surface area contributed by atoms with Gasteiger partial charge in [0.25, 0.3) is 0 Å². The van der Waals surface area contributed by atoms with E-state index in [2.05, 4.69) is 55.8 Å². The van der Waals surface area contributed by atoms with Gasteiger partial charge in [0, 0.05) is 0 Å².